The number of carboxylic acid groups (broad SMARTS) is 4. The Labute approximate surface area is 223 Å². The monoisotopic (exact) mass is 544 g/mol. The van der Waals surface area contributed by atoms with Crippen molar-refractivity contribution in [2.45, 2.75) is 0 Å². The number of carbonyl (C=O) groups is 6. The Bertz CT molecular complexity index is 1620. The smallest absolute Gasteiger partial charge is 0.343 e. The molecule has 0 saturated heterocycles. The summed E-state index contributed by atoms with van der Waals surface area (Å²) in [6.07, 6.45) is 0. The van der Waals surface area contributed by atoms with Gasteiger partial charge in [0.15, 0.2) is 0 Å². The van der Waals surface area contributed by atoms with Crippen molar-refractivity contribution in [3.8, 4) is 11.5 Å². The van der Waals surface area contributed by atoms with E-state index in [1.54, 1.807) is 12.1 Å². The van der Waals surface area contributed by atoms with Crippen LogP contribution in [0.25, 0.3) is 10.8 Å². The lowest BCUT2D eigenvalue weighted by Crippen LogP contribution is -2.13. The first-order chi connectivity index (χ1) is 18.9. The lowest BCUT2D eigenvalue weighted by Gasteiger charge is -2.09. The van der Waals surface area contributed by atoms with E-state index in [1.807, 2.05) is 0 Å². The van der Waals surface area contributed by atoms with Crippen LogP contribution >= 0.6 is 0 Å². The molecule has 0 atom stereocenters. The van der Waals surface area contributed by atoms with Crippen LogP contribution in [-0.2, 0) is 0 Å². The maximum Gasteiger partial charge on any atom is 0.343 e. The van der Waals surface area contributed by atoms with Gasteiger partial charge in [-0.05, 0) is 71.4 Å². The maximum atomic E-state index is 12.6. The predicted molar refractivity (Wildman–Crippen MR) is 135 cm³/mol. The summed E-state index contributed by atoms with van der Waals surface area (Å²) in [7, 11) is 0. The third kappa shape index (κ3) is 5.60. The minimum absolute atomic E-state index is 0.0983. The van der Waals surface area contributed by atoms with Gasteiger partial charge < -0.3 is 29.9 Å². The molecule has 0 fully saturated rings. The normalized spacial score (nSPS) is 10.5. The summed E-state index contributed by atoms with van der Waals surface area (Å²) in [6, 6.07) is 15.0. The Balaban J connectivity index is 1.52. The molecule has 0 radical (unpaired) electrons. The standard InChI is InChI=1S/C28H16O12/c29-23(30)19-7-3-15(11-21(19)25(33)34)27(37)39-17-5-1-13-9-18(6-2-14(13)10-17)40-28(38)16-4-8-20(24(31)32)22(12-16)26(35)36/h1-12H,(H,29,30)(H,31,32)(H,33,34)(H,35,36). The first-order valence-electron chi connectivity index (χ1n) is 11.1. The van der Waals surface area contributed by atoms with Crippen molar-refractivity contribution >= 4 is 46.6 Å². The lowest BCUT2D eigenvalue weighted by molar-refractivity contribution is 0.0650. The molecule has 0 aromatic heterocycles. The summed E-state index contributed by atoms with van der Waals surface area (Å²) in [5, 5.41) is 37.9. The third-order valence-corrected chi connectivity index (χ3v) is 5.64. The van der Waals surface area contributed by atoms with Crippen LogP contribution in [0.15, 0.2) is 72.8 Å². The van der Waals surface area contributed by atoms with E-state index in [2.05, 4.69) is 0 Å². The highest BCUT2D eigenvalue weighted by atomic mass is 16.5. The second kappa shape index (κ2) is 10.8. The van der Waals surface area contributed by atoms with E-state index in [1.165, 1.54) is 24.3 Å². The zero-order chi connectivity index (χ0) is 29.1. The summed E-state index contributed by atoms with van der Waals surface area (Å²) in [5.74, 6) is -7.60. The number of ether oxygens (including phenoxy) is 2. The second-order valence-electron chi connectivity index (χ2n) is 8.19. The van der Waals surface area contributed by atoms with Gasteiger partial charge in [0.05, 0.1) is 33.4 Å². The molecule has 0 aliphatic carbocycles. The fourth-order valence-corrected chi connectivity index (χ4v) is 3.73. The van der Waals surface area contributed by atoms with Crippen molar-refractivity contribution in [3.63, 3.8) is 0 Å². The molecule has 0 spiro atoms. The quantitative estimate of drug-likeness (QED) is 0.183. The number of hydrogen-bond donors (Lipinski definition) is 4. The molecule has 4 rings (SSSR count). The molecule has 0 aliphatic rings. The van der Waals surface area contributed by atoms with Crippen molar-refractivity contribution < 1.29 is 58.7 Å². The van der Waals surface area contributed by atoms with E-state index >= 15 is 0 Å². The average Bonchev–Trinajstić information content (AvgIpc) is 2.92. The van der Waals surface area contributed by atoms with E-state index in [9.17, 15) is 39.0 Å². The van der Waals surface area contributed by atoms with Crippen molar-refractivity contribution in [1.29, 1.82) is 0 Å². The number of hydrogen-bond acceptors (Lipinski definition) is 8. The van der Waals surface area contributed by atoms with E-state index in [0.717, 1.165) is 36.4 Å². The minimum atomic E-state index is -1.52. The first kappa shape index (κ1) is 27.0. The molecular formula is C28H16O12. The van der Waals surface area contributed by atoms with Crippen LogP contribution in [0.1, 0.15) is 62.1 Å². The van der Waals surface area contributed by atoms with Gasteiger partial charge in [-0.2, -0.15) is 0 Å². The zero-order valence-electron chi connectivity index (χ0n) is 20.0. The Hall–Kier alpha value is -6.04. The van der Waals surface area contributed by atoms with Crippen LogP contribution in [0.3, 0.4) is 0 Å². The van der Waals surface area contributed by atoms with Gasteiger partial charge in [-0.3, -0.25) is 0 Å². The van der Waals surface area contributed by atoms with Crippen molar-refractivity contribution in [1.82, 2.24) is 0 Å². The van der Waals surface area contributed by atoms with Gasteiger partial charge in [0, 0.05) is 0 Å². The highest BCUT2D eigenvalue weighted by Crippen LogP contribution is 2.27. The van der Waals surface area contributed by atoms with Crippen LogP contribution < -0.4 is 9.47 Å². The molecule has 4 aromatic carbocycles. The van der Waals surface area contributed by atoms with E-state index in [4.69, 9.17) is 19.7 Å². The van der Waals surface area contributed by atoms with Gasteiger partial charge in [0.1, 0.15) is 11.5 Å². The Morgan fingerprint density at radius 1 is 0.425 bits per heavy atom. The van der Waals surface area contributed by atoms with Gasteiger partial charge in [-0.1, -0.05) is 12.1 Å². The highest BCUT2D eigenvalue weighted by Gasteiger charge is 2.21. The topological polar surface area (TPSA) is 202 Å². The molecule has 4 aromatic rings. The van der Waals surface area contributed by atoms with Gasteiger partial charge in [0.25, 0.3) is 0 Å². The minimum Gasteiger partial charge on any atom is -0.478 e. The van der Waals surface area contributed by atoms with Crippen LogP contribution in [0.5, 0.6) is 11.5 Å². The molecule has 0 heterocycles. The number of benzene rings is 4. The van der Waals surface area contributed by atoms with Gasteiger partial charge in [-0.15, -0.1) is 0 Å². The SMILES string of the molecule is O=C(Oc1ccc2cc(OC(=O)c3ccc(C(=O)O)c(C(=O)O)c3)ccc2c1)c1ccc(C(=O)O)c(C(=O)O)c1. The van der Waals surface area contributed by atoms with Crippen LogP contribution in [0, 0.1) is 0 Å². The van der Waals surface area contributed by atoms with Crippen LogP contribution in [0.4, 0.5) is 0 Å². The van der Waals surface area contributed by atoms with Gasteiger partial charge >= 0.3 is 35.8 Å². The summed E-state index contributed by atoms with van der Waals surface area (Å²) >= 11 is 0. The van der Waals surface area contributed by atoms with E-state index < -0.39 is 58.1 Å². The molecular weight excluding hydrogens is 528 g/mol. The Morgan fingerprint density at radius 2 is 0.775 bits per heavy atom. The van der Waals surface area contributed by atoms with Gasteiger partial charge in [0.2, 0.25) is 0 Å². The van der Waals surface area contributed by atoms with Crippen molar-refractivity contribution in [2.24, 2.45) is 0 Å². The molecule has 200 valence electrons. The Kier molecular flexibility index (Phi) is 7.26. The molecule has 40 heavy (non-hydrogen) atoms. The average molecular weight is 544 g/mol. The third-order valence-electron chi connectivity index (χ3n) is 5.64. The molecule has 4 N–H and O–H groups in total. The van der Waals surface area contributed by atoms with E-state index in [-0.39, 0.29) is 22.6 Å². The summed E-state index contributed by atoms with van der Waals surface area (Å²) in [5.41, 5.74) is -2.45. The summed E-state index contributed by atoms with van der Waals surface area (Å²) in [6.45, 7) is 0. The molecule has 12 heteroatoms. The number of fused-ring (bicyclic) bond motifs is 1. The van der Waals surface area contributed by atoms with Crippen molar-refractivity contribution in [3.05, 3.63) is 106 Å². The summed E-state index contributed by atoms with van der Waals surface area (Å²) < 4.78 is 10.6. The van der Waals surface area contributed by atoms with Gasteiger partial charge in [-0.25, -0.2) is 28.8 Å². The maximum absolute atomic E-state index is 12.6. The number of aromatic carboxylic acids is 4. The number of carbonyl (C=O) groups excluding carboxylic acids is 2. The lowest BCUT2D eigenvalue weighted by atomic mass is 10.0. The first-order valence-corrected chi connectivity index (χ1v) is 11.1. The van der Waals surface area contributed by atoms with Crippen LogP contribution in [-0.4, -0.2) is 56.2 Å². The number of carboxylic acids is 4. The predicted octanol–water partition coefficient (Wildman–Crippen LogP) is 4.07. The number of esters is 2. The highest BCUT2D eigenvalue weighted by molar-refractivity contribution is 6.05. The Morgan fingerprint density at radius 3 is 1.10 bits per heavy atom. The molecule has 0 aliphatic heterocycles. The van der Waals surface area contributed by atoms with Crippen molar-refractivity contribution in [2.75, 3.05) is 0 Å². The molecule has 0 amide bonds. The fraction of sp³-hybridized carbons (Fsp3) is 0. The van der Waals surface area contributed by atoms with E-state index in [0.29, 0.717) is 10.8 Å². The van der Waals surface area contributed by atoms with Crippen LogP contribution in [0.2, 0.25) is 0 Å². The zero-order valence-corrected chi connectivity index (χ0v) is 20.0. The number of rotatable bonds is 8. The molecule has 0 bridgehead atoms. The summed E-state index contributed by atoms with van der Waals surface area (Å²) in [4.78, 5) is 70.2. The second-order valence-corrected chi connectivity index (χ2v) is 8.19. The fourth-order valence-electron chi connectivity index (χ4n) is 3.73. The molecule has 0 unspecified atom stereocenters. The molecule has 0 saturated carbocycles. The largest absolute Gasteiger partial charge is 0.478 e. The molecule has 12 nitrogen and oxygen atoms in total.